The summed E-state index contributed by atoms with van der Waals surface area (Å²) >= 11 is 9.22. The Labute approximate surface area is 119 Å². The molecule has 3 nitrogen and oxygen atoms in total. The molecule has 0 spiro atoms. The normalized spacial score (nSPS) is 11.9. The maximum Gasteiger partial charge on any atom is 0.250 e. The quantitative estimate of drug-likeness (QED) is 0.458. The average Bonchev–Trinajstić information content (AvgIpc) is 2.55. The Balaban J connectivity index is 2.64. The zero-order valence-electron chi connectivity index (χ0n) is 8.79. The summed E-state index contributed by atoms with van der Waals surface area (Å²) < 4.78 is 28.0. The molecule has 0 amide bonds. The fraction of sp³-hybridized carbons (Fsp3) is 0.556. The van der Waals surface area contributed by atoms with Gasteiger partial charge in [-0.2, -0.15) is 0 Å². The average molecular weight is 394 g/mol. The lowest BCUT2D eigenvalue weighted by molar-refractivity contribution is 0.581. The topological polar surface area (TPSA) is 46.2 Å². The first-order valence-corrected chi connectivity index (χ1v) is 8.99. The van der Waals surface area contributed by atoms with Gasteiger partial charge in [0.05, 0.1) is 4.34 Å². The Morgan fingerprint density at radius 2 is 2.19 bits per heavy atom. The molecule has 7 heteroatoms. The highest BCUT2D eigenvalue weighted by Crippen LogP contribution is 2.29. The van der Waals surface area contributed by atoms with Crippen LogP contribution in [0.2, 0.25) is 4.34 Å². The van der Waals surface area contributed by atoms with Crippen LogP contribution in [0.3, 0.4) is 0 Å². The van der Waals surface area contributed by atoms with Crippen LogP contribution in [0.1, 0.15) is 18.4 Å². The lowest BCUT2D eigenvalue weighted by Crippen LogP contribution is -2.24. The smallest absolute Gasteiger partial charge is 0.210 e. The van der Waals surface area contributed by atoms with E-state index >= 15 is 0 Å². The minimum atomic E-state index is -3.36. The number of alkyl halides is 1. The minimum Gasteiger partial charge on any atom is -0.210 e. The molecule has 0 radical (unpaired) electrons. The number of unbranched alkanes of at least 4 members (excludes halogenated alkanes) is 1. The molecule has 16 heavy (non-hydrogen) atoms. The second-order valence-electron chi connectivity index (χ2n) is 3.32. The van der Waals surface area contributed by atoms with Crippen molar-refractivity contribution in [3.63, 3.8) is 0 Å². The molecule has 0 atom stereocenters. The van der Waals surface area contributed by atoms with E-state index in [0.29, 0.717) is 15.1 Å². The Bertz CT molecular complexity index is 425. The van der Waals surface area contributed by atoms with Crippen molar-refractivity contribution in [3.8, 4) is 0 Å². The maximum atomic E-state index is 11.8. The summed E-state index contributed by atoms with van der Waals surface area (Å²) in [6.45, 7) is 2.29. The summed E-state index contributed by atoms with van der Waals surface area (Å²) in [5.41, 5.74) is 0.805. The summed E-state index contributed by atoms with van der Waals surface area (Å²) in [5, 5.41) is 0. The summed E-state index contributed by atoms with van der Waals surface area (Å²) in [4.78, 5) is 0. The fourth-order valence-electron chi connectivity index (χ4n) is 1.06. The molecule has 0 aromatic carbocycles. The molecule has 1 aromatic heterocycles. The fourth-order valence-corrected chi connectivity index (χ4v) is 4.43. The molecule has 92 valence electrons. The number of sulfonamides is 1. The van der Waals surface area contributed by atoms with Crippen LogP contribution in [0.4, 0.5) is 0 Å². The van der Waals surface area contributed by atoms with Gasteiger partial charge in [0.15, 0.2) is 0 Å². The van der Waals surface area contributed by atoms with E-state index in [-0.39, 0.29) is 0 Å². The van der Waals surface area contributed by atoms with Crippen molar-refractivity contribution in [2.24, 2.45) is 0 Å². The highest BCUT2D eigenvalue weighted by Gasteiger charge is 2.17. The lowest BCUT2D eigenvalue weighted by Gasteiger charge is -2.03. The van der Waals surface area contributed by atoms with Gasteiger partial charge in [-0.25, -0.2) is 13.1 Å². The summed E-state index contributed by atoms with van der Waals surface area (Å²) in [6.07, 6.45) is 1.88. The van der Waals surface area contributed by atoms with Crippen LogP contribution >= 0.6 is 45.5 Å². The van der Waals surface area contributed by atoms with Gasteiger partial charge >= 0.3 is 0 Å². The van der Waals surface area contributed by atoms with Gasteiger partial charge in [-0.1, -0.05) is 34.2 Å². The molecule has 0 unspecified atom stereocenters. The second-order valence-corrected chi connectivity index (χ2v) is 8.04. The molecule has 1 rings (SSSR count). The van der Waals surface area contributed by atoms with Crippen LogP contribution in [0.25, 0.3) is 0 Å². The van der Waals surface area contributed by atoms with Gasteiger partial charge < -0.3 is 0 Å². The van der Waals surface area contributed by atoms with Crippen molar-refractivity contribution < 1.29 is 8.42 Å². The third-order valence-corrected chi connectivity index (χ3v) is 6.20. The standard InChI is InChI=1S/C9H13ClINO2S2/c1-7-6-8(15-9(7)10)16(13,14)12-5-3-2-4-11/h6,12H,2-5H2,1H3. The van der Waals surface area contributed by atoms with Crippen molar-refractivity contribution in [2.75, 3.05) is 11.0 Å². The van der Waals surface area contributed by atoms with Gasteiger partial charge in [-0.05, 0) is 35.8 Å². The Hall–Kier alpha value is 0.630. The Kier molecular flexibility index (Phi) is 6.00. The molecule has 0 aliphatic rings. The number of hydrogen-bond acceptors (Lipinski definition) is 3. The largest absolute Gasteiger partial charge is 0.250 e. The number of nitrogens with one attached hydrogen (secondary N) is 1. The van der Waals surface area contributed by atoms with E-state index in [2.05, 4.69) is 27.3 Å². The first kappa shape index (κ1) is 14.7. The number of hydrogen-bond donors (Lipinski definition) is 1. The SMILES string of the molecule is Cc1cc(S(=O)(=O)NCCCCI)sc1Cl. The van der Waals surface area contributed by atoms with E-state index in [1.54, 1.807) is 13.0 Å². The van der Waals surface area contributed by atoms with Crippen LogP contribution < -0.4 is 4.72 Å². The van der Waals surface area contributed by atoms with Gasteiger partial charge in [0, 0.05) is 6.54 Å². The molecule has 0 saturated carbocycles. The molecule has 0 fully saturated rings. The van der Waals surface area contributed by atoms with E-state index in [1.807, 2.05) is 0 Å². The highest BCUT2D eigenvalue weighted by atomic mass is 127. The summed E-state index contributed by atoms with van der Waals surface area (Å²) in [5.74, 6) is 0. The van der Waals surface area contributed by atoms with Crippen molar-refractivity contribution >= 4 is 55.6 Å². The molecule has 1 N–H and O–H groups in total. The van der Waals surface area contributed by atoms with Gasteiger partial charge in [-0.3, -0.25) is 0 Å². The van der Waals surface area contributed by atoms with Gasteiger partial charge in [0.25, 0.3) is 0 Å². The highest BCUT2D eigenvalue weighted by molar-refractivity contribution is 14.1. The number of halogens is 2. The summed E-state index contributed by atoms with van der Waals surface area (Å²) in [7, 11) is -3.36. The van der Waals surface area contributed by atoms with E-state index in [9.17, 15) is 8.42 Å². The first-order valence-electron chi connectivity index (χ1n) is 4.79. The van der Waals surface area contributed by atoms with Crippen molar-refractivity contribution in [3.05, 3.63) is 16.0 Å². The van der Waals surface area contributed by atoms with Gasteiger partial charge in [-0.15, -0.1) is 11.3 Å². The van der Waals surface area contributed by atoms with Gasteiger partial charge in [0.1, 0.15) is 4.21 Å². The first-order chi connectivity index (χ1) is 7.47. The molecular weight excluding hydrogens is 381 g/mol. The Morgan fingerprint density at radius 1 is 1.50 bits per heavy atom. The Morgan fingerprint density at radius 3 is 2.69 bits per heavy atom. The molecule has 1 aromatic rings. The maximum absolute atomic E-state index is 11.8. The van der Waals surface area contributed by atoms with Crippen LogP contribution in [-0.2, 0) is 10.0 Å². The van der Waals surface area contributed by atoms with Crippen molar-refractivity contribution in [2.45, 2.75) is 24.0 Å². The number of aryl methyl sites for hydroxylation is 1. The van der Waals surface area contributed by atoms with Crippen molar-refractivity contribution in [1.82, 2.24) is 4.72 Å². The second kappa shape index (κ2) is 6.53. The van der Waals surface area contributed by atoms with E-state index < -0.39 is 10.0 Å². The van der Waals surface area contributed by atoms with Crippen LogP contribution in [0.5, 0.6) is 0 Å². The van der Waals surface area contributed by atoms with E-state index in [1.165, 1.54) is 0 Å². The lowest BCUT2D eigenvalue weighted by atomic mass is 10.3. The number of thiophene rings is 1. The van der Waals surface area contributed by atoms with E-state index in [0.717, 1.165) is 34.2 Å². The van der Waals surface area contributed by atoms with Crippen LogP contribution in [0, 0.1) is 6.92 Å². The van der Waals surface area contributed by atoms with E-state index in [4.69, 9.17) is 11.6 Å². The third-order valence-electron chi connectivity index (χ3n) is 1.95. The molecule has 1 heterocycles. The predicted molar refractivity (Wildman–Crippen MR) is 77.4 cm³/mol. The van der Waals surface area contributed by atoms with Gasteiger partial charge in [0.2, 0.25) is 10.0 Å². The zero-order valence-corrected chi connectivity index (χ0v) is 13.3. The zero-order chi connectivity index (χ0) is 12.2. The molecule has 0 bridgehead atoms. The molecule has 0 saturated heterocycles. The number of rotatable bonds is 6. The van der Waals surface area contributed by atoms with Crippen LogP contribution in [0.15, 0.2) is 10.3 Å². The van der Waals surface area contributed by atoms with Crippen molar-refractivity contribution in [1.29, 1.82) is 0 Å². The summed E-state index contributed by atoms with van der Waals surface area (Å²) in [6, 6.07) is 1.60. The van der Waals surface area contributed by atoms with Crippen LogP contribution in [-0.4, -0.2) is 19.4 Å². The molecule has 0 aliphatic carbocycles. The molecular formula is C9H13ClINO2S2. The third kappa shape index (κ3) is 4.14. The molecule has 0 aliphatic heterocycles. The monoisotopic (exact) mass is 393 g/mol. The minimum absolute atomic E-state index is 0.296. The predicted octanol–water partition coefficient (Wildman–Crippen LogP) is 3.20.